The zero-order valence-electron chi connectivity index (χ0n) is 10.6. The summed E-state index contributed by atoms with van der Waals surface area (Å²) in [5, 5.41) is 0.733. The lowest BCUT2D eigenvalue weighted by molar-refractivity contribution is 0.597. The first-order valence-corrected chi connectivity index (χ1v) is 8.71. The van der Waals surface area contributed by atoms with Gasteiger partial charge in [0, 0.05) is 13.1 Å². The Kier molecular flexibility index (Phi) is 4.11. The molecule has 1 aromatic rings. The van der Waals surface area contributed by atoms with Gasteiger partial charge in [0.25, 0.3) is 0 Å². The van der Waals surface area contributed by atoms with Gasteiger partial charge in [0.05, 0.1) is 5.75 Å². The lowest BCUT2D eigenvalue weighted by Gasteiger charge is -2.21. The standard InChI is InChI=1S/C11H19N3O2S2/c1-2-18(15,16)9-10(12)13-17-11(9)14-7-5-3-4-6-8-14/h2-8H2,1H3,(H2,12,13). The third-order valence-corrected chi connectivity index (χ3v) is 6.08. The van der Waals surface area contributed by atoms with Gasteiger partial charge in [0.15, 0.2) is 15.7 Å². The highest BCUT2D eigenvalue weighted by atomic mass is 32.2. The van der Waals surface area contributed by atoms with Crippen LogP contribution in [0.25, 0.3) is 0 Å². The number of nitrogens with two attached hydrogens (primary N) is 1. The van der Waals surface area contributed by atoms with Crippen LogP contribution in [0, 0.1) is 0 Å². The molecule has 2 rings (SSSR count). The Morgan fingerprint density at radius 3 is 2.44 bits per heavy atom. The molecule has 18 heavy (non-hydrogen) atoms. The van der Waals surface area contributed by atoms with E-state index >= 15 is 0 Å². The molecular weight excluding hydrogens is 270 g/mol. The van der Waals surface area contributed by atoms with Crippen molar-refractivity contribution in [2.24, 2.45) is 0 Å². The van der Waals surface area contributed by atoms with E-state index in [1.54, 1.807) is 6.92 Å². The second-order valence-corrected chi connectivity index (χ2v) is 7.47. The molecular formula is C11H19N3O2S2. The lowest BCUT2D eigenvalue weighted by Crippen LogP contribution is -2.25. The van der Waals surface area contributed by atoms with Crippen molar-refractivity contribution < 1.29 is 8.42 Å². The zero-order chi connectivity index (χ0) is 13.2. The smallest absolute Gasteiger partial charge is 0.184 e. The van der Waals surface area contributed by atoms with E-state index < -0.39 is 9.84 Å². The van der Waals surface area contributed by atoms with Crippen molar-refractivity contribution >= 4 is 32.2 Å². The molecule has 0 amide bonds. The molecule has 1 aliphatic heterocycles. The number of nitrogens with zero attached hydrogens (tertiary/aromatic N) is 2. The van der Waals surface area contributed by atoms with Crippen molar-refractivity contribution in [1.82, 2.24) is 4.37 Å². The first-order valence-electron chi connectivity index (χ1n) is 6.29. The van der Waals surface area contributed by atoms with Crippen LogP contribution in [0.15, 0.2) is 4.90 Å². The fourth-order valence-electron chi connectivity index (χ4n) is 2.20. The van der Waals surface area contributed by atoms with Crippen LogP contribution in [0.2, 0.25) is 0 Å². The molecule has 5 nitrogen and oxygen atoms in total. The summed E-state index contributed by atoms with van der Waals surface area (Å²) < 4.78 is 28.2. The van der Waals surface area contributed by atoms with Crippen LogP contribution >= 0.6 is 11.5 Å². The van der Waals surface area contributed by atoms with E-state index in [0.29, 0.717) is 0 Å². The van der Waals surface area contributed by atoms with E-state index in [0.717, 1.165) is 30.9 Å². The summed E-state index contributed by atoms with van der Waals surface area (Å²) >= 11 is 1.21. The molecule has 7 heteroatoms. The van der Waals surface area contributed by atoms with Crippen LogP contribution in [0.4, 0.5) is 10.8 Å². The molecule has 1 aliphatic rings. The maximum Gasteiger partial charge on any atom is 0.184 e. The number of rotatable bonds is 3. The first kappa shape index (κ1) is 13.6. The van der Waals surface area contributed by atoms with Crippen LogP contribution < -0.4 is 10.6 Å². The molecule has 0 unspecified atom stereocenters. The average molecular weight is 289 g/mol. The van der Waals surface area contributed by atoms with Crippen molar-refractivity contribution in [3.63, 3.8) is 0 Å². The third kappa shape index (κ3) is 2.61. The van der Waals surface area contributed by atoms with Crippen molar-refractivity contribution in [3.05, 3.63) is 0 Å². The molecule has 0 atom stereocenters. The number of hydrogen-bond donors (Lipinski definition) is 1. The van der Waals surface area contributed by atoms with E-state index in [9.17, 15) is 8.42 Å². The van der Waals surface area contributed by atoms with Gasteiger partial charge in [-0.25, -0.2) is 8.42 Å². The van der Waals surface area contributed by atoms with Crippen molar-refractivity contribution in [1.29, 1.82) is 0 Å². The zero-order valence-corrected chi connectivity index (χ0v) is 12.2. The van der Waals surface area contributed by atoms with E-state index in [4.69, 9.17) is 5.73 Å². The van der Waals surface area contributed by atoms with Crippen molar-refractivity contribution in [2.75, 3.05) is 29.5 Å². The monoisotopic (exact) mass is 289 g/mol. The first-order chi connectivity index (χ1) is 8.56. The fraction of sp³-hybridized carbons (Fsp3) is 0.727. The van der Waals surface area contributed by atoms with Crippen LogP contribution in [-0.2, 0) is 9.84 Å². The molecule has 1 saturated heterocycles. The summed E-state index contributed by atoms with van der Waals surface area (Å²) in [4.78, 5) is 2.38. The second kappa shape index (κ2) is 5.44. The number of nitrogen functional groups attached to an aromatic ring is 1. The summed E-state index contributed by atoms with van der Waals surface area (Å²) in [6.45, 7) is 3.43. The predicted molar refractivity (Wildman–Crippen MR) is 74.9 cm³/mol. The molecule has 0 aromatic carbocycles. The highest BCUT2D eigenvalue weighted by Crippen LogP contribution is 2.36. The minimum atomic E-state index is -3.30. The molecule has 2 heterocycles. The summed E-state index contributed by atoms with van der Waals surface area (Å²) in [7, 11) is -3.30. The summed E-state index contributed by atoms with van der Waals surface area (Å²) in [6.07, 6.45) is 4.62. The molecule has 0 bridgehead atoms. The fourth-order valence-corrected chi connectivity index (χ4v) is 4.56. The molecule has 0 saturated carbocycles. The number of aromatic nitrogens is 1. The Labute approximate surface area is 112 Å². The third-order valence-electron chi connectivity index (χ3n) is 3.24. The van der Waals surface area contributed by atoms with Gasteiger partial charge in [-0.2, -0.15) is 4.37 Å². The van der Waals surface area contributed by atoms with Gasteiger partial charge >= 0.3 is 0 Å². The molecule has 2 N–H and O–H groups in total. The quantitative estimate of drug-likeness (QED) is 0.919. The molecule has 0 aliphatic carbocycles. The number of hydrogen-bond acceptors (Lipinski definition) is 6. The van der Waals surface area contributed by atoms with Gasteiger partial charge in [-0.05, 0) is 24.4 Å². The Hall–Kier alpha value is -0.820. The van der Waals surface area contributed by atoms with Gasteiger partial charge in [0.2, 0.25) is 0 Å². The Balaban J connectivity index is 2.39. The number of sulfone groups is 1. The molecule has 1 aromatic heterocycles. The van der Waals surface area contributed by atoms with E-state index in [2.05, 4.69) is 9.27 Å². The maximum absolute atomic E-state index is 12.1. The topological polar surface area (TPSA) is 76.3 Å². The minimum absolute atomic E-state index is 0.0659. The van der Waals surface area contributed by atoms with Crippen LogP contribution in [0.1, 0.15) is 32.6 Å². The van der Waals surface area contributed by atoms with Crippen molar-refractivity contribution in [3.8, 4) is 0 Å². The Morgan fingerprint density at radius 2 is 1.89 bits per heavy atom. The second-order valence-electron chi connectivity index (χ2n) is 4.51. The molecule has 102 valence electrons. The maximum atomic E-state index is 12.1. The summed E-state index contributed by atoms with van der Waals surface area (Å²) in [6, 6.07) is 0. The van der Waals surface area contributed by atoms with E-state index in [-0.39, 0.29) is 16.5 Å². The highest BCUT2D eigenvalue weighted by Gasteiger charge is 2.27. The largest absolute Gasteiger partial charge is 0.382 e. The van der Waals surface area contributed by atoms with Gasteiger partial charge in [-0.15, -0.1) is 0 Å². The van der Waals surface area contributed by atoms with Gasteiger partial charge in [0.1, 0.15) is 9.90 Å². The van der Waals surface area contributed by atoms with Crippen molar-refractivity contribution in [2.45, 2.75) is 37.5 Å². The van der Waals surface area contributed by atoms with Gasteiger partial charge < -0.3 is 10.6 Å². The predicted octanol–water partition coefficient (Wildman–Crippen LogP) is 1.90. The summed E-state index contributed by atoms with van der Waals surface area (Å²) in [5.74, 6) is 0.220. The normalized spacial score (nSPS) is 17.7. The molecule has 0 radical (unpaired) electrons. The van der Waals surface area contributed by atoms with E-state index in [1.165, 1.54) is 24.4 Å². The minimum Gasteiger partial charge on any atom is -0.382 e. The average Bonchev–Trinajstić information content (AvgIpc) is 2.58. The van der Waals surface area contributed by atoms with E-state index in [1.807, 2.05) is 0 Å². The lowest BCUT2D eigenvalue weighted by atomic mass is 10.2. The highest BCUT2D eigenvalue weighted by molar-refractivity contribution is 7.91. The van der Waals surface area contributed by atoms with Crippen LogP contribution in [0.5, 0.6) is 0 Å². The SMILES string of the molecule is CCS(=O)(=O)c1c(N)nsc1N1CCCCCC1. The van der Waals surface area contributed by atoms with Crippen LogP contribution in [-0.4, -0.2) is 31.6 Å². The summed E-state index contributed by atoms with van der Waals surface area (Å²) in [5.41, 5.74) is 5.74. The molecule has 1 fully saturated rings. The number of anilines is 2. The van der Waals surface area contributed by atoms with Gasteiger partial charge in [-0.3, -0.25) is 0 Å². The van der Waals surface area contributed by atoms with Crippen LogP contribution in [0.3, 0.4) is 0 Å². The Bertz CT molecular complexity index is 502. The Morgan fingerprint density at radius 1 is 1.28 bits per heavy atom. The molecule has 0 spiro atoms. The van der Waals surface area contributed by atoms with Gasteiger partial charge in [-0.1, -0.05) is 19.8 Å².